The predicted molar refractivity (Wildman–Crippen MR) is 118 cm³/mol. The van der Waals surface area contributed by atoms with Crippen LogP contribution in [0.15, 0.2) is 71.9 Å². The molecule has 6 heteroatoms. The van der Waals surface area contributed by atoms with Gasteiger partial charge in [-0.25, -0.2) is 0 Å². The molecule has 3 aromatic rings. The zero-order valence-electron chi connectivity index (χ0n) is 17.5. The van der Waals surface area contributed by atoms with E-state index in [0.717, 1.165) is 11.1 Å². The summed E-state index contributed by atoms with van der Waals surface area (Å²) in [6.07, 6.45) is 6.21. The van der Waals surface area contributed by atoms with Gasteiger partial charge in [-0.15, -0.1) is 0 Å². The van der Waals surface area contributed by atoms with Crippen LogP contribution in [0.3, 0.4) is 0 Å². The number of amides is 1. The molecule has 1 amide bonds. The highest BCUT2D eigenvalue weighted by molar-refractivity contribution is 5.95. The fourth-order valence-electron chi connectivity index (χ4n) is 4.21. The largest absolute Gasteiger partial charge is 0.338 e. The van der Waals surface area contributed by atoms with E-state index in [1.807, 2.05) is 42.5 Å². The molecular weight excluding hydrogens is 388 g/mol. The molecule has 3 heterocycles. The molecule has 0 atom stereocenters. The Bertz CT molecular complexity index is 1170. The summed E-state index contributed by atoms with van der Waals surface area (Å²) in [5, 5.41) is 9.89. The van der Waals surface area contributed by atoms with Gasteiger partial charge in [0.25, 0.3) is 11.5 Å². The van der Waals surface area contributed by atoms with Gasteiger partial charge >= 0.3 is 0 Å². The highest BCUT2D eigenvalue weighted by Gasteiger charge is 2.38. The van der Waals surface area contributed by atoms with E-state index < -0.39 is 5.41 Å². The number of nitrogens with zero attached hydrogens (tertiary/aromatic N) is 4. The van der Waals surface area contributed by atoms with Crippen LogP contribution in [-0.2, 0) is 12.0 Å². The number of benzene rings is 1. The summed E-state index contributed by atoms with van der Waals surface area (Å²) in [5.74, 6) is -0.261. The third kappa shape index (κ3) is 3.99. The van der Waals surface area contributed by atoms with Crippen LogP contribution in [0.5, 0.6) is 0 Å². The molecule has 0 saturated carbocycles. The van der Waals surface area contributed by atoms with Gasteiger partial charge in [0, 0.05) is 31.7 Å². The number of aryl methyl sites for hydroxylation is 1. The van der Waals surface area contributed by atoms with E-state index >= 15 is 0 Å². The third-order valence-corrected chi connectivity index (χ3v) is 6.11. The number of rotatable bonds is 4. The maximum absolute atomic E-state index is 13.3. The smallest absolute Gasteiger partial charge is 0.263 e. The average Bonchev–Trinajstić information content (AvgIpc) is 2.82. The summed E-state index contributed by atoms with van der Waals surface area (Å²) in [6.45, 7) is 3.03. The van der Waals surface area contributed by atoms with Gasteiger partial charge in [0.2, 0.25) is 0 Å². The number of aromatic nitrogens is 2. The van der Waals surface area contributed by atoms with E-state index in [2.05, 4.69) is 11.1 Å². The maximum atomic E-state index is 13.3. The Morgan fingerprint density at radius 3 is 2.52 bits per heavy atom. The van der Waals surface area contributed by atoms with Crippen molar-refractivity contribution in [3.63, 3.8) is 0 Å². The number of likely N-dealkylation sites (tertiary alicyclic amines) is 1. The maximum Gasteiger partial charge on any atom is 0.263 e. The summed E-state index contributed by atoms with van der Waals surface area (Å²) < 4.78 is 1.55. The number of hydrogen-bond donors (Lipinski definition) is 0. The fraction of sp³-hybridized carbons (Fsp3) is 0.280. The zero-order valence-corrected chi connectivity index (χ0v) is 17.5. The molecule has 2 aromatic heterocycles. The van der Waals surface area contributed by atoms with Crippen LogP contribution in [0.1, 0.15) is 39.9 Å². The van der Waals surface area contributed by atoms with Crippen molar-refractivity contribution in [2.75, 3.05) is 13.1 Å². The first-order chi connectivity index (χ1) is 15.0. The lowest BCUT2D eigenvalue weighted by atomic mass is 9.74. The molecule has 0 bridgehead atoms. The van der Waals surface area contributed by atoms with Crippen LogP contribution in [0.25, 0.3) is 0 Å². The summed E-state index contributed by atoms with van der Waals surface area (Å²) in [7, 11) is 0. The van der Waals surface area contributed by atoms with E-state index in [1.165, 1.54) is 0 Å². The van der Waals surface area contributed by atoms with Gasteiger partial charge in [-0.3, -0.25) is 14.6 Å². The first-order valence-corrected chi connectivity index (χ1v) is 10.4. The molecule has 0 N–H and O–H groups in total. The van der Waals surface area contributed by atoms with E-state index in [9.17, 15) is 14.9 Å². The first kappa shape index (κ1) is 20.5. The highest BCUT2D eigenvalue weighted by Crippen LogP contribution is 2.35. The normalized spacial score (nSPS) is 15.3. The van der Waals surface area contributed by atoms with Gasteiger partial charge in [0.15, 0.2) is 0 Å². The van der Waals surface area contributed by atoms with Crippen molar-refractivity contribution in [1.29, 1.82) is 5.26 Å². The van der Waals surface area contributed by atoms with Crippen molar-refractivity contribution in [2.45, 2.75) is 31.7 Å². The fourth-order valence-corrected chi connectivity index (χ4v) is 4.21. The molecule has 31 heavy (non-hydrogen) atoms. The van der Waals surface area contributed by atoms with Gasteiger partial charge < -0.3 is 9.47 Å². The molecule has 0 radical (unpaired) electrons. The van der Waals surface area contributed by atoms with E-state index in [4.69, 9.17) is 0 Å². The Labute approximate surface area is 181 Å². The number of carbonyl (C=O) groups excluding carboxylic acids is 1. The van der Waals surface area contributed by atoms with Crippen LogP contribution in [0.4, 0.5) is 0 Å². The van der Waals surface area contributed by atoms with Gasteiger partial charge in [-0.2, -0.15) is 5.26 Å². The average molecular weight is 412 g/mol. The Balaban J connectivity index is 1.56. The minimum absolute atomic E-state index is 0.204. The summed E-state index contributed by atoms with van der Waals surface area (Å²) in [5.41, 5.74) is 1.86. The number of nitriles is 1. The van der Waals surface area contributed by atoms with Crippen LogP contribution in [0.2, 0.25) is 0 Å². The standard InChI is InChI=1S/C25H24N4O2/c1-19-9-13-29(17-20-6-5-12-27-16-20)24(31)22(19)23(30)28-14-10-25(18-26,11-15-28)21-7-3-2-4-8-21/h2-9,12-13,16H,10-11,14-15,17H2,1H3. The first-order valence-electron chi connectivity index (χ1n) is 10.4. The Morgan fingerprint density at radius 1 is 1.13 bits per heavy atom. The summed E-state index contributed by atoms with van der Waals surface area (Å²) in [4.78, 5) is 32.2. The second-order valence-electron chi connectivity index (χ2n) is 8.02. The van der Waals surface area contributed by atoms with Crippen LogP contribution < -0.4 is 5.56 Å². The predicted octanol–water partition coefficient (Wildman–Crippen LogP) is 3.30. The zero-order chi connectivity index (χ0) is 21.8. The minimum atomic E-state index is -0.593. The van der Waals surface area contributed by atoms with Gasteiger partial charge in [-0.05, 0) is 48.6 Å². The third-order valence-electron chi connectivity index (χ3n) is 6.11. The highest BCUT2D eigenvalue weighted by atomic mass is 16.2. The molecule has 4 rings (SSSR count). The second-order valence-corrected chi connectivity index (χ2v) is 8.02. The molecule has 156 valence electrons. The van der Waals surface area contributed by atoms with E-state index in [0.29, 0.717) is 38.0 Å². The van der Waals surface area contributed by atoms with E-state index in [1.54, 1.807) is 41.0 Å². The van der Waals surface area contributed by atoms with Gasteiger partial charge in [-0.1, -0.05) is 36.4 Å². The molecule has 1 aliphatic rings. The Hall–Kier alpha value is -3.72. The van der Waals surface area contributed by atoms with Crippen molar-refractivity contribution in [1.82, 2.24) is 14.5 Å². The van der Waals surface area contributed by atoms with Crippen molar-refractivity contribution < 1.29 is 4.79 Å². The van der Waals surface area contributed by atoms with Crippen LogP contribution in [-0.4, -0.2) is 33.4 Å². The summed E-state index contributed by atoms with van der Waals surface area (Å²) in [6, 6.07) is 17.8. The lowest BCUT2D eigenvalue weighted by Gasteiger charge is -2.37. The molecule has 0 aliphatic carbocycles. The number of hydrogen-bond acceptors (Lipinski definition) is 4. The molecule has 1 saturated heterocycles. The topological polar surface area (TPSA) is 79.0 Å². The molecular formula is C25H24N4O2. The van der Waals surface area contributed by atoms with Crippen molar-refractivity contribution in [2.24, 2.45) is 0 Å². The monoisotopic (exact) mass is 412 g/mol. The minimum Gasteiger partial charge on any atom is -0.338 e. The van der Waals surface area contributed by atoms with Crippen molar-refractivity contribution in [3.8, 4) is 6.07 Å². The lowest BCUT2D eigenvalue weighted by Crippen LogP contribution is -2.46. The molecule has 1 fully saturated rings. The molecule has 1 aromatic carbocycles. The summed E-state index contributed by atoms with van der Waals surface area (Å²) >= 11 is 0. The van der Waals surface area contributed by atoms with Crippen molar-refractivity contribution in [3.05, 3.63) is 99.7 Å². The number of piperidine rings is 1. The quantitative estimate of drug-likeness (QED) is 0.659. The lowest BCUT2D eigenvalue weighted by molar-refractivity contribution is 0.0688. The van der Waals surface area contributed by atoms with Crippen LogP contribution in [0, 0.1) is 18.3 Å². The SMILES string of the molecule is Cc1ccn(Cc2cccnc2)c(=O)c1C(=O)N1CCC(C#N)(c2ccccc2)CC1. The molecule has 0 spiro atoms. The van der Waals surface area contributed by atoms with Gasteiger partial charge in [0.05, 0.1) is 18.0 Å². The number of pyridine rings is 2. The second kappa shape index (κ2) is 8.57. The Kier molecular flexibility index (Phi) is 5.68. The van der Waals surface area contributed by atoms with Crippen molar-refractivity contribution >= 4 is 5.91 Å². The van der Waals surface area contributed by atoms with Gasteiger partial charge in [0.1, 0.15) is 5.56 Å². The molecule has 0 unspecified atom stereocenters. The molecule has 1 aliphatic heterocycles. The molecule has 6 nitrogen and oxygen atoms in total. The van der Waals surface area contributed by atoms with E-state index in [-0.39, 0.29) is 17.0 Å². The Morgan fingerprint density at radius 2 is 1.87 bits per heavy atom. The number of carbonyl (C=O) groups is 1. The van der Waals surface area contributed by atoms with Crippen LogP contribution >= 0.6 is 0 Å².